The number of benzene rings is 3. The number of fused-ring (bicyclic) bond motifs is 1. The minimum Gasteiger partial charge on any atom is -0.493 e. The van der Waals surface area contributed by atoms with Gasteiger partial charge in [0.05, 0.1) is 35.1 Å². The predicted molar refractivity (Wildman–Crippen MR) is 149 cm³/mol. The van der Waals surface area contributed by atoms with Gasteiger partial charge in [0.1, 0.15) is 0 Å². The van der Waals surface area contributed by atoms with Crippen LogP contribution in [0.1, 0.15) is 24.2 Å². The maximum Gasteiger partial charge on any atom is 0.271 e. The van der Waals surface area contributed by atoms with E-state index in [2.05, 4.69) is 15.3 Å². The molecule has 0 fully saturated rings. The second-order valence-electron chi connectivity index (χ2n) is 8.23. The quantitative estimate of drug-likeness (QED) is 0.265. The van der Waals surface area contributed by atoms with E-state index in [9.17, 15) is 17.6 Å². The second kappa shape index (κ2) is 11.8. The molecular weight excluding hydrogens is 545 g/mol. The van der Waals surface area contributed by atoms with Crippen LogP contribution < -0.4 is 19.5 Å². The fourth-order valence-corrected chi connectivity index (χ4v) is 5.50. The van der Waals surface area contributed by atoms with Crippen LogP contribution in [-0.4, -0.2) is 52.5 Å². The summed E-state index contributed by atoms with van der Waals surface area (Å²) in [4.78, 5) is 21.9. The number of hydrogen-bond donors (Lipinski definition) is 1. The van der Waals surface area contributed by atoms with E-state index in [1.165, 1.54) is 68.2 Å². The minimum absolute atomic E-state index is 0.0709. The third kappa shape index (κ3) is 6.18. The SMILES string of the molecule is CCS(=O)(=O)c1ccc(C(Oc2ccc(/C=N/C)cc2F)C(=O)Nc2nc3cc(OC)c(OC)cc3s2)cc1. The van der Waals surface area contributed by atoms with Gasteiger partial charge in [0.15, 0.2) is 38.0 Å². The molecule has 1 atom stereocenters. The second-order valence-corrected chi connectivity index (χ2v) is 11.5. The highest BCUT2D eigenvalue weighted by atomic mass is 32.2. The van der Waals surface area contributed by atoms with Crippen LogP contribution in [0, 0.1) is 5.82 Å². The van der Waals surface area contributed by atoms with E-state index in [1.807, 2.05) is 0 Å². The molecular formula is C27H26FN3O6S2. The highest BCUT2D eigenvalue weighted by Crippen LogP contribution is 2.36. The van der Waals surface area contributed by atoms with Gasteiger partial charge in [-0.3, -0.25) is 15.1 Å². The normalized spacial score (nSPS) is 12.4. The number of sulfone groups is 1. The number of anilines is 1. The molecule has 0 bridgehead atoms. The molecule has 0 aliphatic carbocycles. The average molecular weight is 572 g/mol. The third-order valence-corrected chi connectivity index (χ3v) is 8.45. The molecule has 0 saturated heterocycles. The number of rotatable bonds is 10. The lowest BCUT2D eigenvalue weighted by molar-refractivity contribution is -0.123. The van der Waals surface area contributed by atoms with Gasteiger partial charge in [0, 0.05) is 31.0 Å². The van der Waals surface area contributed by atoms with Crippen LogP contribution >= 0.6 is 11.3 Å². The monoisotopic (exact) mass is 571 g/mol. The molecule has 0 radical (unpaired) electrons. The van der Waals surface area contributed by atoms with Gasteiger partial charge in [-0.15, -0.1) is 0 Å². The number of halogens is 1. The number of ether oxygens (including phenoxy) is 3. The number of carbonyl (C=O) groups is 1. The van der Waals surface area contributed by atoms with Crippen molar-refractivity contribution in [2.24, 2.45) is 4.99 Å². The Hall–Kier alpha value is -4.03. The Morgan fingerprint density at radius 2 is 1.77 bits per heavy atom. The van der Waals surface area contributed by atoms with Gasteiger partial charge < -0.3 is 14.2 Å². The molecule has 1 amide bonds. The lowest BCUT2D eigenvalue weighted by Crippen LogP contribution is -2.26. The molecule has 1 N–H and O–H groups in total. The van der Waals surface area contributed by atoms with Gasteiger partial charge >= 0.3 is 0 Å². The first-order valence-electron chi connectivity index (χ1n) is 11.7. The molecule has 1 unspecified atom stereocenters. The molecule has 0 spiro atoms. The minimum atomic E-state index is -3.45. The van der Waals surface area contributed by atoms with Gasteiger partial charge in [-0.05, 0) is 35.9 Å². The van der Waals surface area contributed by atoms with Crippen molar-refractivity contribution in [3.63, 3.8) is 0 Å². The predicted octanol–water partition coefficient (Wildman–Crippen LogP) is 5.05. The number of aromatic nitrogens is 1. The number of methoxy groups -OCH3 is 2. The van der Waals surface area contributed by atoms with Crippen molar-refractivity contribution in [1.29, 1.82) is 0 Å². The smallest absolute Gasteiger partial charge is 0.271 e. The summed E-state index contributed by atoms with van der Waals surface area (Å²) in [6.45, 7) is 1.54. The van der Waals surface area contributed by atoms with Gasteiger partial charge in [0.2, 0.25) is 6.10 Å². The van der Waals surface area contributed by atoms with Crippen LogP contribution in [0.4, 0.5) is 9.52 Å². The summed E-state index contributed by atoms with van der Waals surface area (Å²) in [5.74, 6) is -0.538. The first-order chi connectivity index (χ1) is 18.7. The van der Waals surface area contributed by atoms with Crippen molar-refractivity contribution in [2.45, 2.75) is 17.9 Å². The summed E-state index contributed by atoms with van der Waals surface area (Å²) in [6, 6.07) is 13.4. The molecule has 4 aromatic rings. The molecule has 3 aromatic carbocycles. The summed E-state index contributed by atoms with van der Waals surface area (Å²) >= 11 is 1.21. The zero-order valence-corrected chi connectivity index (χ0v) is 23.2. The Labute approximate surface area is 229 Å². The summed E-state index contributed by atoms with van der Waals surface area (Å²) in [5, 5.41) is 3.01. The number of nitrogens with zero attached hydrogens (tertiary/aromatic N) is 2. The van der Waals surface area contributed by atoms with Crippen molar-refractivity contribution in [2.75, 3.05) is 32.3 Å². The Balaban J connectivity index is 1.68. The molecule has 1 aromatic heterocycles. The largest absolute Gasteiger partial charge is 0.493 e. The Morgan fingerprint density at radius 1 is 1.08 bits per heavy atom. The fourth-order valence-electron chi connectivity index (χ4n) is 3.74. The van der Waals surface area contributed by atoms with Crippen LogP contribution in [0.3, 0.4) is 0 Å². The molecule has 0 aliphatic heterocycles. The van der Waals surface area contributed by atoms with Crippen LogP contribution in [0.5, 0.6) is 17.2 Å². The third-order valence-electron chi connectivity index (χ3n) is 5.76. The van der Waals surface area contributed by atoms with Crippen LogP contribution in [-0.2, 0) is 14.6 Å². The fraction of sp³-hybridized carbons (Fsp3) is 0.222. The van der Waals surface area contributed by atoms with E-state index in [1.54, 1.807) is 32.2 Å². The van der Waals surface area contributed by atoms with E-state index in [0.29, 0.717) is 28.1 Å². The van der Waals surface area contributed by atoms with Crippen LogP contribution in [0.15, 0.2) is 64.5 Å². The summed E-state index contributed by atoms with van der Waals surface area (Å²) in [7, 11) is 1.15. The molecule has 204 valence electrons. The van der Waals surface area contributed by atoms with Gasteiger partial charge in [-0.2, -0.15) is 0 Å². The Kier molecular flexibility index (Phi) is 8.46. The van der Waals surface area contributed by atoms with E-state index in [-0.39, 0.29) is 21.5 Å². The zero-order chi connectivity index (χ0) is 28.2. The summed E-state index contributed by atoms with van der Waals surface area (Å²) < 4.78 is 56.6. The van der Waals surface area contributed by atoms with E-state index >= 15 is 0 Å². The molecule has 0 aliphatic rings. The number of nitrogens with one attached hydrogen (secondary N) is 1. The summed E-state index contributed by atoms with van der Waals surface area (Å²) in [6.07, 6.45) is 0.167. The highest BCUT2D eigenvalue weighted by Gasteiger charge is 2.26. The Morgan fingerprint density at radius 3 is 2.38 bits per heavy atom. The number of thiazole rings is 1. The lowest BCUT2D eigenvalue weighted by atomic mass is 10.1. The highest BCUT2D eigenvalue weighted by molar-refractivity contribution is 7.91. The number of carbonyl (C=O) groups excluding carboxylic acids is 1. The van der Waals surface area contributed by atoms with Crippen LogP contribution in [0.25, 0.3) is 10.2 Å². The zero-order valence-electron chi connectivity index (χ0n) is 21.6. The maximum absolute atomic E-state index is 14.9. The maximum atomic E-state index is 14.9. The van der Waals surface area contributed by atoms with Crippen molar-refractivity contribution >= 4 is 48.6 Å². The Bertz CT molecular complexity index is 1590. The molecule has 1 heterocycles. The summed E-state index contributed by atoms with van der Waals surface area (Å²) in [5.41, 5.74) is 1.43. The van der Waals surface area contributed by atoms with Gasteiger partial charge in [0.25, 0.3) is 5.91 Å². The van der Waals surface area contributed by atoms with Crippen molar-refractivity contribution < 1.29 is 31.8 Å². The van der Waals surface area contributed by atoms with Gasteiger partial charge in [-0.1, -0.05) is 30.4 Å². The van der Waals surface area contributed by atoms with Crippen LogP contribution in [0.2, 0.25) is 0 Å². The van der Waals surface area contributed by atoms with E-state index < -0.39 is 27.7 Å². The van der Waals surface area contributed by atoms with Crippen molar-refractivity contribution in [3.8, 4) is 17.2 Å². The average Bonchev–Trinajstić information content (AvgIpc) is 3.32. The molecule has 12 heteroatoms. The standard InChI is InChI=1S/C27H26FN3O6S2/c1-5-39(33,34)18-9-7-17(8-10-18)25(37-21-11-6-16(15-29-2)12-19(21)28)26(32)31-27-30-20-13-22(35-3)23(36-4)14-24(20)38-27/h6-15,25H,5H2,1-4H3,(H,30,31,32)/b29-15+. The number of aliphatic imine (C=N–C) groups is 1. The molecule has 4 rings (SSSR count). The van der Waals surface area contributed by atoms with E-state index in [0.717, 1.165) is 4.70 Å². The number of amides is 1. The van der Waals surface area contributed by atoms with Crippen molar-refractivity contribution in [1.82, 2.24) is 4.98 Å². The molecule has 0 saturated carbocycles. The number of hydrogen-bond acceptors (Lipinski definition) is 9. The molecule has 9 nitrogen and oxygen atoms in total. The lowest BCUT2D eigenvalue weighted by Gasteiger charge is -2.19. The van der Waals surface area contributed by atoms with Gasteiger partial charge in [-0.25, -0.2) is 17.8 Å². The first-order valence-corrected chi connectivity index (χ1v) is 14.2. The van der Waals surface area contributed by atoms with Crippen molar-refractivity contribution in [3.05, 3.63) is 71.5 Å². The first kappa shape index (κ1) is 28.0. The molecule has 39 heavy (non-hydrogen) atoms. The topological polar surface area (TPSA) is 116 Å². The van der Waals surface area contributed by atoms with E-state index in [4.69, 9.17) is 14.2 Å².